The predicted octanol–water partition coefficient (Wildman–Crippen LogP) is 4.48. The van der Waals surface area contributed by atoms with Gasteiger partial charge in [-0.15, -0.1) is 0 Å². The van der Waals surface area contributed by atoms with Crippen LogP contribution in [0.3, 0.4) is 0 Å². The number of aromatic amines is 1. The Kier molecular flexibility index (Phi) is 4.93. The molecule has 0 spiro atoms. The summed E-state index contributed by atoms with van der Waals surface area (Å²) >= 11 is 6.08. The van der Waals surface area contributed by atoms with Crippen molar-refractivity contribution in [1.29, 1.82) is 0 Å². The summed E-state index contributed by atoms with van der Waals surface area (Å²) in [6.07, 6.45) is 3.32. The van der Waals surface area contributed by atoms with Crippen molar-refractivity contribution in [2.75, 3.05) is 5.32 Å². The van der Waals surface area contributed by atoms with E-state index >= 15 is 0 Å². The number of pyridine rings is 1. The number of hydrogen-bond donors (Lipinski definition) is 3. The van der Waals surface area contributed by atoms with E-state index < -0.39 is 0 Å². The summed E-state index contributed by atoms with van der Waals surface area (Å²) in [5, 5.41) is 14.2. The lowest BCUT2D eigenvalue weighted by molar-refractivity contribution is 0.277. The summed E-state index contributed by atoms with van der Waals surface area (Å²) in [5.74, 6) is 0.709. The van der Waals surface area contributed by atoms with Crippen molar-refractivity contribution in [2.45, 2.75) is 19.6 Å². The summed E-state index contributed by atoms with van der Waals surface area (Å²) in [4.78, 5) is 16.3. The summed E-state index contributed by atoms with van der Waals surface area (Å²) in [6, 6.07) is 9.63. The average Bonchev–Trinajstić information content (AvgIpc) is 3.11. The molecule has 4 aromatic rings. The van der Waals surface area contributed by atoms with Crippen LogP contribution in [-0.4, -0.2) is 25.0 Å². The third-order valence-electron chi connectivity index (χ3n) is 4.41. The Balaban J connectivity index is 1.71. The highest BCUT2D eigenvalue weighted by atomic mass is 35.5. The predicted molar refractivity (Wildman–Crippen MR) is 106 cm³/mol. The van der Waals surface area contributed by atoms with Gasteiger partial charge in [0.15, 0.2) is 5.82 Å². The second kappa shape index (κ2) is 7.53. The molecule has 0 saturated carbocycles. The molecule has 0 amide bonds. The molecule has 0 radical (unpaired) electrons. The molecule has 1 atom stereocenters. The number of H-pyrrole nitrogens is 1. The van der Waals surface area contributed by atoms with E-state index in [-0.39, 0.29) is 18.5 Å². The largest absolute Gasteiger partial charge is 0.390 e. The van der Waals surface area contributed by atoms with Crippen LogP contribution in [0.4, 0.5) is 10.2 Å². The van der Waals surface area contributed by atoms with Gasteiger partial charge in [0.05, 0.1) is 17.3 Å². The molecule has 0 bridgehead atoms. The molecule has 8 heteroatoms. The summed E-state index contributed by atoms with van der Waals surface area (Å²) in [6.45, 7) is 1.72. The molecule has 4 rings (SSSR count). The lowest BCUT2D eigenvalue weighted by Gasteiger charge is -2.16. The molecular weight excluding hydrogens is 381 g/mol. The highest BCUT2D eigenvalue weighted by Crippen LogP contribution is 2.29. The van der Waals surface area contributed by atoms with Gasteiger partial charge in [0.2, 0.25) is 0 Å². The number of benzene rings is 1. The monoisotopic (exact) mass is 397 g/mol. The van der Waals surface area contributed by atoms with E-state index in [1.807, 2.05) is 6.92 Å². The van der Waals surface area contributed by atoms with Gasteiger partial charge in [0, 0.05) is 35.5 Å². The van der Waals surface area contributed by atoms with E-state index in [0.29, 0.717) is 28.0 Å². The topological polar surface area (TPSA) is 86.7 Å². The minimum Gasteiger partial charge on any atom is -0.390 e. The van der Waals surface area contributed by atoms with E-state index in [1.165, 1.54) is 12.1 Å². The van der Waals surface area contributed by atoms with Crippen LogP contribution in [0.5, 0.6) is 0 Å². The van der Waals surface area contributed by atoms with Gasteiger partial charge in [-0.3, -0.25) is 0 Å². The summed E-state index contributed by atoms with van der Waals surface area (Å²) in [5.41, 5.74) is 2.79. The molecule has 0 unspecified atom stereocenters. The Morgan fingerprint density at radius 2 is 2.00 bits per heavy atom. The average molecular weight is 398 g/mol. The molecule has 1 aromatic carbocycles. The van der Waals surface area contributed by atoms with Crippen molar-refractivity contribution < 1.29 is 9.50 Å². The first kappa shape index (κ1) is 18.3. The molecule has 28 heavy (non-hydrogen) atoms. The van der Waals surface area contributed by atoms with Gasteiger partial charge in [-0.1, -0.05) is 23.7 Å². The van der Waals surface area contributed by atoms with Gasteiger partial charge in [0.25, 0.3) is 0 Å². The number of aliphatic hydroxyl groups excluding tert-OH is 1. The summed E-state index contributed by atoms with van der Waals surface area (Å²) in [7, 11) is 0. The molecule has 3 N–H and O–H groups in total. The third-order valence-corrected chi connectivity index (χ3v) is 4.62. The van der Waals surface area contributed by atoms with Crippen LogP contribution in [-0.2, 0) is 6.61 Å². The first-order valence-corrected chi connectivity index (χ1v) is 9.05. The number of fused-ring (bicyclic) bond motifs is 1. The Morgan fingerprint density at radius 3 is 2.75 bits per heavy atom. The number of rotatable bonds is 5. The maximum absolute atomic E-state index is 13.2. The van der Waals surface area contributed by atoms with Crippen molar-refractivity contribution in [3.05, 3.63) is 70.9 Å². The molecule has 0 aliphatic carbocycles. The van der Waals surface area contributed by atoms with Crippen LogP contribution < -0.4 is 5.32 Å². The highest BCUT2D eigenvalue weighted by Gasteiger charge is 2.14. The zero-order valence-electron chi connectivity index (χ0n) is 14.9. The molecular formula is C20H17ClFN5O. The minimum atomic E-state index is -0.283. The van der Waals surface area contributed by atoms with Crippen molar-refractivity contribution in [3.63, 3.8) is 0 Å². The lowest BCUT2D eigenvalue weighted by Crippen LogP contribution is -2.10. The quantitative estimate of drug-likeness (QED) is 0.462. The number of aliphatic hydroxyl groups is 1. The molecule has 0 aliphatic heterocycles. The van der Waals surface area contributed by atoms with Crippen molar-refractivity contribution in [2.24, 2.45) is 0 Å². The second-order valence-electron chi connectivity index (χ2n) is 6.40. The normalized spacial score (nSPS) is 12.3. The third kappa shape index (κ3) is 3.67. The molecule has 6 nitrogen and oxygen atoms in total. The Hall–Kier alpha value is -3.03. The molecule has 3 aromatic heterocycles. The number of hydrogen-bond acceptors (Lipinski definition) is 5. The first-order chi connectivity index (χ1) is 13.5. The number of anilines is 1. The van der Waals surface area contributed by atoms with E-state index in [9.17, 15) is 9.50 Å². The second-order valence-corrected chi connectivity index (χ2v) is 6.83. The SMILES string of the molecule is C[C@H](Nc1cc(CO)nc(-c2c[nH]c3ncc(Cl)cc23)n1)c1ccc(F)cc1. The highest BCUT2D eigenvalue weighted by molar-refractivity contribution is 6.31. The van der Waals surface area contributed by atoms with Crippen LogP contribution >= 0.6 is 11.6 Å². The fourth-order valence-corrected chi connectivity index (χ4v) is 3.15. The maximum Gasteiger partial charge on any atom is 0.164 e. The molecule has 142 valence electrons. The fourth-order valence-electron chi connectivity index (χ4n) is 2.99. The van der Waals surface area contributed by atoms with Crippen molar-refractivity contribution in [3.8, 4) is 11.4 Å². The van der Waals surface area contributed by atoms with Crippen LogP contribution in [0.15, 0.2) is 48.8 Å². The number of nitrogens with one attached hydrogen (secondary N) is 2. The lowest BCUT2D eigenvalue weighted by atomic mass is 10.1. The van der Waals surface area contributed by atoms with E-state index in [2.05, 4.69) is 25.3 Å². The van der Waals surface area contributed by atoms with Gasteiger partial charge in [-0.25, -0.2) is 19.3 Å². The molecule has 0 aliphatic rings. The van der Waals surface area contributed by atoms with Crippen molar-refractivity contribution in [1.82, 2.24) is 19.9 Å². The standard InChI is InChI=1S/C20H17ClFN5O/c1-11(12-2-4-14(22)5-3-12)25-18-7-15(10-28)26-20(27-18)17-9-24-19-16(17)6-13(21)8-23-19/h2-9,11,28H,10H2,1H3,(H,23,24)(H,25,26,27)/t11-/m0/s1. The molecule has 0 saturated heterocycles. The smallest absolute Gasteiger partial charge is 0.164 e. The Bertz CT molecular complexity index is 1130. The van der Waals surface area contributed by atoms with Gasteiger partial charge in [0.1, 0.15) is 17.3 Å². The van der Waals surface area contributed by atoms with Crippen molar-refractivity contribution >= 4 is 28.5 Å². The Labute approximate surface area is 165 Å². The zero-order chi connectivity index (χ0) is 19.7. The van der Waals surface area contributed by atoms with Gasteiger partial charge >= 0.3 is 0 Å². The number of nitrogens with zero attached hydrogens (tertiary/aromatic N) is 3. The molecule has 0 fully saturated rings. The van der Waals surface area contributed by atoms with Crippen LogP contribution in [0, 0.1) is 5.82 Å². The van der Waals surface area contributed by atoms with Crippen LogP contribution in [0.25, 0.3) is 22.4 Å². The van der Waals surface area contributed by atoms with Crippen LogP contribution in [0.1, 0.15) is 24.2 Å². The van der Waals surface area contributed by atoms with E-state index in [4.69, 9.17) is 11.6 Å². The summed E-state index contributed by atoms with van der Waals surface area (Å²) < 4.78 is 13.2. The number of aromatic nitrogens is 4. The zero-order valence-corrected chi connectivity index (χ0v) is 15.7. The van der Waals surface area contributed by atoms with Crippen LogP contribution in [0.2, 0.25) is 5.02 Å². The number of halogens is 2. The maximum atomic E-state index is 13.2. The van der Waals surface area contributed by atoms with Gasteiger partial charge in [-0.05, 0) is 30.7 Å². The van der Waals surface area contributed by atoms with E-state index in [1.54, 1.807) is 36.7 Å². The fraction of sp³-hybridized carbons (Fsp3) is 0.150. The molecule has 3 heterocycles. The van der Waals surface area contributed by atoms with Gasteiger partial charge < -0.3 is 15.4 Å². The first-order valence-electron chi connectivity index (χ1n) is 8.67. The van der Waals surface area contributed by atoms with E-state index in [0.717, 1.165) is 16.5 Å². The minimum absolute atomic E-state index is 0.117. The Morgan fingerprint density at radius 1 is 1.21 bits per heavy atom. The van der Waals surface area contributed by atoms with Gasteiger partial charge in [-0.2, -0.15) is 0 Å².